The first-order valence-corrected chi connectivity index (χ1v) is 18.6. The minimum Gasteiger partial charge on any atom is -0.256 e. The van der Waals surface area contributed by atoms with E-state index in [0.29, 0.717) is 5.84 Å². The van der Waals surface area contributed by atoms with Crippen molar-refractivity contribution in [1.29, 1.82) is 0 Å². The number of aromatic nitrogens is 1. The lowest BCUT2D eigenvalue weighted by molar-refractivity contribution is 0.346. The molecule has 0 N–H and O–H groups in total. The van der Waals surface area contributed by atoms with Crippen LogP contribution in [0.2, 0.25) is 0 Å². The first-order valence-electron chi connectivity index (χ1n) is 18.6. The van der Waals surface area contributed by atoms with E-state index in [0.717, 1.165) is 77.7 Å². The average molecular weight is 664 g/mol. The van der Waals surface area contributed by atoms with Crippen LogP contribution in [0.1, 0.15) is 97.4 Å². The molecule has 0 radical (unpaired) electrons. The third-order valence-corrected chi connectivity index (χ3v) is 11.1. The highest BCUT2D eigenvalue weighted by Gasteiger charge is 2.35. The molecule has 5 aromatic rings. The van der Waals surface area contributed by atoms with Crippen LogP contribution in [0.4, 0.5) is 0 Å². The summed E-state index contributed by atoms with van der Waals surface area (Å²) in [6.45, 7) is 6.46. The number of fused-ring (bicyclic) bond motifs is 2. The first-order chi connectivity index (χ1) is 25.1. The van der Waals surface area contributed by atoms with Gasteiger partial charge in [0.15, 0.2) is 5.84 Å². The normalized spacial score (nSPS) is 17.4. The molecule has 0 amide bonds. The highest BCUT2D eigenvalue weighted by atomic mass is 14.9. The van der Waals surface area contributed by atoms with Crippen molar-refractivity contribution in [2.75, 3.05) is 0 Å². The van der Waals surface area contributed by atoms with Gasteiger partial charge < -0.3 is 0 Å². The maximum absolute atomic E-state index is 5.23. The Kier molecular flexibility index (Phi) is 9.28. The molecule has 4 aromatic carbocycles. The van der Waals surface area contributed by atoms with E-state index >= 15 is 0 Å². The van der Waals surface area contributed by atoms with Gasteiger partial charge >= 0.3 is 0 Å². The van der Waals surface area contributed by atoms with Gasteiger partial charge in [-0.05, 0) is 95.7 Å². The number of pyridine rings is 1. The molecule has 0 atom stereocenters. The van der Waals surface area contributed by atoms with Crippen molar-refractivity contribution < 1.29 is 0 Å². The minimum absolute atomic E-state index is 0.00596. The quantitative estimate of drug-likeness (QED) is 0.126. The molecule has 3 heteroatoms. The lowest BCUT2D eigenvalue weighted by Crippen LogP contribution is -2.30. The fourth-order valence-corrected chi connectivity index (χ4v) is 8.31. The van der Waals surface area contributed by atoms with Gasteiger partial charge in [0, 0.05) is 28.5 Å². The number of amidine groups is 1. The number of aliphatic imine (C=N–C) groups is 2. The molecule has 0 aliphatic heterocycles. The molecule has 252 valence electrons. The molecular formula is C48H45N3. The van der Waals surface area contributed by atoms with Gasteiger partial charge in [-0.2, -0.15) is 0 Å². The van der Waals surface area contributed by atoms with Crippen molar-refractivity contribution >= 4 is 27.9 Å². The van der Waals surface area contributed by atoms with E-state index in [-0.39, 0.29) is 5.41 Å². The summed E-state index contributed by atoms with van der Waals surface area (Å²) in [5.74, 6) is 0.688. The van der Waals surface area contributed by atoms with Crippen LogP contribution < -0.4 is 0 Å². The zero-order valence-electron chi connectivity index (χ0n) is 29.6. The van der Waals surface area contributed by atoms with E-state index in [1.54, 1.807) is 0 Å². The van der Waals surface area contributed by atoms with Crippen LogP contribution in [0.15, 0.2) is 161 Å². The summed E-state index contributed by atoms with van der Waals surface area (Å²) in [6.07, 6.45) is 21.1. The van der Waals surface area contributed by atoms with Gasteiger partial charge in [0.1, 0.15) is 0 Å². The molecule has 0 spiro atoms. The van der Waals surface area contributed by atoms with Gasteiger partial charge in [-0.3, -0.25) is 4.98 Å². The SMILES string of the molecule is C=C(/N=C(\N=C(/C)c1ccc(C2(c3ccc(C4=CCCc5cccnc54)cc3)CCCCC2)cc1)c1cccc2ccccc12)C1=CCCC=C1. The number of allylic oxidation sites excluding steroid dienone is 4. The zero-order chi connectivity index (χ0) is 34.6. The Morgan fingerprint density at radius 3 is 2.27 bits per heavy atom. The van der Waals surface area contributed by atoms with Gasteiger partial charge in [0.2, 0.25) is 0 Å². The van der Waals surface area contributed by atoms with Crippen LogP contribution in [0, 0.1) is 0 Å². The average Bonchev–Trinajstić information content (AvgIpc) is 3.21. The topological polar surface area (TPSA) is 37.6 Å². The number of rotatable bonds is 7. The van der Waals surface area contributed by atoms with Crippen LogP contribution in [0.5, 0.6) is 0 Å². The second kappa shape index (κ2) is 14.4. The fraction of sp³-hybridized carbons (Fsp3) is 0.229. The van der Waals surface area contributed by atoms with E-state index in [1.807, 2.05) is 6.20 Å². The van der Waals surface area contributed by atoms with Crippen molar-refractivity contribution in [3.05, 3.63) is 191 Å². The predicted molar refractivity (Wildman–Crippen MR) is 215 cm³/mol. The third kappa shape index (κ3) is 6.61. The van der Waals surface area contributed by atoms with Crippen LogP contribution in [-0.2, 0) is 11.8 Å². The smallest absolute Gasteiger partial charge is 0.160 e. The summed E-state index contributed by atoms with van der Waals surface area (Å²) < 4.78 is 0. The summed E-state index contributed by atoms with van der Waals surface area (Å²) in [5, 5.41) is 2.31. The number of benzene rings is 4. The number of hydrogen-bond donors (Lipinski definition) is 0. The molecule has 3 nitrogen and oxygen atoms in total. The number of aryl methyl sites for hydroxylation is 1. The van der Waals surface area contributed by atoms with Crippen molar-refractivity contribution in [2.45, 2.75) is 70.1 Å². The Morgan fingerprint density at radius 1 is 0.725 bits per heavy atom. The molecule has 3 aliphatic rings. The Balaban J connectivity index is 1.12. The Morgan fingerprint density at radius 2 is 1.49 bits per heavy atom. The Bertz CT molecular complexity index is 2230. The lowest BCUT2D eigenvalue weighted by Gasteiger charge is -2.39. The van der Waals surface area contributed by atoms with Gasteiger partial charge in [0.25, 0.3) is 0 Å². The summed E-state index contributed by atoms with van der Waals surface area (Å²) in [4.78, 5) is 15.1. The second-order valence-corrected chi connectivity index (χ2v) is 14.2. The van der Waals surface area contributed by atoms with Crippen LogP contribution >= 0.6 is 0 Å². The Labute approximate surface area is 302 Å². The predicted octanol–water partition coefficient (Wildman–Crippen LogP) is 11.9. The van der Waals surface area contributed by atoms with Gasteiger partial charge in [-0.25, -0.2) is 9.98 Å². The molecule has 0 bridgehead atoms. The van der Waals surface area contributed by atoms with Gasteiger partial charge in [-0.15, -0.1) is 0 Å². The van der Waals surface area contributed by atoms with Gasteiger partial charge in [-0.1, -0.05) is 147 Å². The first kappa shape index (κ1) is 32.8. The molecule has 51 heavy (non-hydrogen) atoms. The number of hydrogen-bond acceptors (Lipinski definition) is 2. The van der Waals surface area contributed by atoms with E-state index in [9.17, 15) is 0 Å². The standard InChI is InChI=1S/C48H45N3/c1-34(36-14-5-3-6-15-36)50-47(45-22-11-17-38-16-7-8-20-43(38)45)51-35(2)37-23-27-41(28-24-37)48(31-9-4-10-32-48)42-29-25-39(26-30-42)44-21-12-18-40-19-13-33-49-46(40)44/h5,7-8,11,13-17,19-30,33H,1,3-4,6,9-10,12,18,31-32H2,2H3/b50-47-,51-35+. The van der Waals surface area contributed by atoms with E-state index in [1.165, 1.54) is 52.5 Å². The number of nitrogens with zero attached hydrogens (tertiary/aromatic N) is 3. The lowest BCUT2D eigenvalue weighted by atomic mass is 9.65. The summed E-state index contributed by atoms with van der Waals surface area (Å²) in [7, 11) is 0. The highest BCUT2D eigenvalue weighted by Crippen LogP contribution is 2.45. The molecule has 1 saturated carbocycles. The van der Waals surface area contributed by atoms with Gasteiger partial charge in [0.05, 0.1) is 11.4 Å². The van der Waals surface area contributed by atoms with Crippen molar-refractivity contribution in [3.63, 3.8) is 0 Å². The monoisotopic (exact) mass is 663 g/mol. The minimum atomic E-state index is 0.00596. The largest absolute Gasteiger partial charge is 0.256 e. The van der Waals surface area contributed by atoms with Crippen molar-refractivity contribution in [1.82, 2.24) is 4.98 Å². The molecule has 8 rings (SSSR count). The second-order valence-electron chi connectivity index (χ2n) is 14.2. The van der Waals surface area contributed by atoms with Crippen LogP contribution in [0.25, 0.3) is 16.3 Å². The van der Waals surface area contributed by atoms with Crippen LogP contribution in [-0.4, -0.2) is 16.5 Å². The van der Waals surface area contributed by atoms with Crippen LogP contribution in [0.3, 0.4) is 0 Å². The molecule has 0 unspecified atom stereocenters. The maximum Gasteiger partial charge on any atom is 0.160 e. The van der Waals surface area contributed by atoms with E-state index in [2.05, 4.69) is 141 Å². The fourth-order valence-electron chi connectivity index (χ4n) is 8.31. The molecule has 3 aliphatic carbocycles. The maximum atomic E-state index is 5.23. The van der Waals surface area contributed by atoms with Crippen molar-refractivity contribution in [3.8, 4) is 0 Å². The molecule has 1 aromatic heterocycles. The summed E-state index contributed by atoms with van der Waals surface area (Å²) >= 11 is 0. The zero-order valence-corrected chi connectivity index (χ0v) is 29.6. The van der Waals surface area contributed by atoms with E-state index < -0.39 is 0 Å². The molecule has 1 heterocycles. The third-order valence-electron chi connectivity index (χ3n) is 11.1. The highest BCUT2D eigenvalue weighted by molar-refractivity contribution is 6.16. The summed E-state index contributed by atoms with van der Waals surface area (Å²) in [5.41, 5.74) is 12.7. The molecular weight excluding hydrogens is 619 g/mol. The van der Waals surface area contributed by atoms with Crippen molar-refractivity contribution in [2.24, 2.45) is 9.98 Å². The summed E-state index contributed by atoms with van der Waals surface area (Å²) in [6, 6.07) is 37.7. The Hall–Kier alpha value is -5.41. The molecule has 0 saturated heterocycles. The van der Waals surface area contributed by atoms with E-state index in [4.69, 9.17) is 15.0 Å². The molecule has 1 fully saturated rings.